The van der Waals surface area contributed by atoms with Gasteiger partial charge in [0.25, 0.3) is 0 Å². The maximum absolute atomic E-state index is 13.0. The van der Waals surface area contributed by atoms with E-state index < -0.39 is 0 Å². The van der Waals surface area contributed by atoms with Crippen LogP contribution in [-0.2, 0) is 9.59 Å². The van der Waals surface area contributed by atoms with E-state index in [1.165, 1.54) is 18.4 Å². The molecule has 0 bridgehead atoms. The Balaban J connectivity index is 1.56. The highest BCUT2D eigenvalue weighted by molar-refractivity contribution is 5.97. The Morgan fingerprint density at radius 1 is 1.11 bits per heavy atom. The topological polar surface area (TPSA) is 37.4 Å². The Morgan fingerprint density at radius 3 is 2.63 bits per heavy atom. The Labute approximate surface area is 164 Å². The molecule has 0 N–H and O–H groups in total. The predicted molar refractivity (Wildman–Crippen MR) is 108 cm³/mol. The first-order chi connectivity index (χ1) is 12.8. The maximum Gasteiger partial charge on any atom is 0.160 e. The van der Waals surface area contributed by atoms with E-state index in [9.17, 15) is 9.59 Å². The smallest absolute Gasteiger partial charge is 0.160 e. The van der Waals surface area contributed by atoms with Crippen LogP contribution in [0.5, 0.6) is 0 Å². The molecule has 3 heteroatoms. The molecular formula is C24H35NO2. The number of rotatable bonds is 4. The minimum atomic E-state index is 0.0760. The van der Waals surface area contributed by atoms with Crippen molar-refractivity contribution >= 4 is 11.6 Å². The third-order valence-electron chi connectivity index (χ3n) is 8.63. The zero-order chi connectivity index (χ0) is 19.4. The van der Waals surface area contributed by atoms with Gasteiger partial charge in [0.15, 0.2) is 11.6 Å². The SMILES string of the molecule is CN(C)CCC(=O)C1=CCC2C3CCC4=CC(=O)CCC4(C)C3CCC12C. The molecular weight excluding hydrogens is 334 g/mol. The molecule has 5 unspecified atom stereocenters. The fraction of sp³-hybridized carbons (Fsp3) is 0.750. The van der Waals surface area contributed by atoms with Crippen LogP contribution in [0.1, 0.15) is 65.2 Å². The van der Waals surface area contributed by atoms with Gasteiger partial charge in [-0.05, 0) is 92.9 Å². The van der Waals surface area contributed by atoms with Crippen LogP contribution in [0.4, 0.5) is 0 Å². The van der Waals surface area contributed by atoms with Gasteiger partial charge in [0.05, 0.1) is 0 Å². The summed E-state index contributed by atoms with van der Waals surface area (Å²) in [5.74, 6) is 2.71. The van der Waals surface area contributed by atoms with E-state index >= 15 is 0 Å². The molecule has 27 heavy (non-hydrogen) atoms. The molecule has 5 atom stereocenters. The van der Waals surface area contributed by atoms with E-state index in [1.54, 1.807) is 0 Å². The number of hydrogen-bond acceptors (Lipinski definition) is 3. The first-order valence-electron chi connectivity index (χ1n) is 10.9. The van der Waals surface area contributed by atoms with Crippen LogP contribution in [0.3, 0.4) is 0 Å². The summed E-state index contributed by atoms with van der Waals surface area (Å²) in [6.07, 6.45) is 12.4. The monoisotopic (exact) mass is 369 g/mol. The largest absolute Gasteiger partial charge is 0.309 e. The Bertz CT molecular complexity index is 718. The Hall–Kier alpha value is -1.22. The molecule has 0 saturated heterocycles. The van der Waals surface area contributed by atoms with Crippen LogP contribution in [0.25, 0.3) is 0 Å². The average molecular weight is 370 g/mol. The molecule has 4 rings (SSSR count). The lowest BCUT2D eigenvalue weighted by molar-refractivity contribution is -0.119. The van der Waals surface area contributed by atoms with Crippen LogP contribution >= 0.6 is 0 Å². The standard InChI is InChI=1S/C24H35NO2/c1-23-12-9-17(26)15-16(23)5-6-18-19-7-8-21(22(27)11-14-25(3)4)24(19,2)13-10-20(18)23/h8,15,18-20H,5-7,9-14H2,1-4H3. The first-order valence-corrected chi connectivity index (χ1v) is 10.9. The molecule has 0 aromatic rings. The van der Waals surface area contributed by atoms with Gasteiger partial charge in [-0.15, -0.1) is 0 Å². The summed E-state index contributed by atoms with van der Waals surface area (Å²) >= 11 is 0. The molecule has 148 valence electrons. The lowest BCUT2D eigenvalue weighted by atomic mass is 9.47. The van der Waals surface area contributed by atoms with E-state index in [0.717, 1.165) is 44.2 Å². The van der Waals surface area contributed by atoms with Crippen molar-refractivity contribution in [1.29, 1.82) is 0 Å². The average Bonchev–Trinajstić information content (AvgIpc) is 2.97. The van der Waals surface area contributed by atoms with Crippen molar-refractivity contribution in [2.75, 3.05) is 20.6 Å². The summed E-state index contributed by atoms with van der Waals surface area (Å²) in [5.41, 5.74) is 2.86. The van der Waals surface area contributed by atoms with E-state index in [-0.39, 0.29) is 10.8 Å². The number of hydrogen-bond donors (Lipinski definition) is 0. The van der Waals surface area contributed by atoms with Crippen LogP contribution in [0.2, 0.25) is 0 Å². The minimum absolute atomic E-state index is 0.0760. The van der Waals surface area contributed by atoms with E-state index in [4.69, 9.17) is 0 Å². The second kappa shape index (κ2) is 6.69. The number of allylic oxidation sites excluding steroid dienone is 4. The lowest BCUT2D eigenvalue weighted by Crippen LogP contribution is -2.50. The third kappa shape index (κ3) is 2.97. The van der Waals surface area contributed by atoms with Gasteiger partial charge in [-0.3, -0.25) is 9.59 Å². The van der Waals surface area contributed by atoms with Crippen molar-refractivity contribution in [3.05, 3.63) is 23.3 Å². The van der Waals surface area contributed by atoms with Crippen LogP contribution in [-0.4, -0.2) is 37.1 Å². The van der Waals surface area contributed by atoms with E-state index in [2.05, 4.69) is 24.8 Å². The van der Waals surface area contributed by atoms with E-state index in [0.29, 0.717) is 35.7 Å². The molecule has 0 spiro atoms. The maximum atomic E-state index is 13.0. The van der Waals surface area contributed by atoms with E-state index in [1.807, 2.05) is 20.2 Å². The van der Waals surface area contributed by atoms with Crippen molar-refractivity contribution < 1.29 is 9.59 Å². The summed E-state index contributed by atoms with van der Waals surface area (Å²) in [6, 6.07) is 0. The number of ketones is 2. The zero-order valence-corrected chi connectivity index (χ0v) is 17.5. The van der Waals surface area contributed by atoms with Crippen LogP contribution < -0.4 is 0 Å². The van der Waals surface area contributed by atoms with Crippen molar-refractivity contribution in [1.82, 2.24) is 4.90 Å². The summed E-state index contributed by atoms with van der Waals surface area (Å²) < 4.78 is 0. The molecule has 2 saturated carbocycles. The van der Waals surface area contributed by atoms with Gasteiger partial charge in [-0.1, -0.05) is 25.5 Å². The zero-order valence-electron chi connectivity index (χ0n) is 17.5. The highest BCUT2D eigenvalue weighted by atomic mass is 16.1. The van der Waals surface area contributed by atoms with Crippen molar-refractivity contribution in [2.45, 2.75) is 65.2 Å². The second-order valence-electron chi connectivity index (χ2n) is 10.3. The molecule has 4 aliphatic rings. The fourth-order valence-corrected chi connectivity index (χ4v) is 7.02. The fourth-order valence-electron chi connectivity index (χ4n) is 7.02. The highest BCUT2D eigenvalue weighted by Gasteiger charge is 2.57. The normalized spacial score (nSPS) is 40.8. The molecule has 0 aliphatic heterocycles. The Morgan fingerprint density at radius 2 is 1.89 bits per heavy atom. The molecule has 0 amide bonds. The Kier molecular flexibility index (Phi) is 4.73. The van der Waals surface area contributed by atoms with Gasteiger partial charge in [-0.2, -0.15) is 0 Å². The summed E-state index contributed by atoms with van der Waals surface area (Å²) in [7, 11) is 4.07. The first kappa shape index (κ1) is 19.1. The van der Waals surface area contributed by atoms with Gasteiger partial charge < -0.3 is 4.90 Å². The lowest BCUT2D eigenvalue weighted by Gasteiger charge is -2.57. The van der Waals surface area contributed by atoms with Crippen LogP contribution in [0, 0.1) is 28.6 Å². The van der Waals surface area contributed by atoms with Crippen molar-refractivity contribution in [3.63, 3.8) is 0 Å². The third-order valence-corrected chi connectivity index (χ3v) is 8.63. The molecule has 2 fully saturated rings. The summed E-state index contributed by atoms with van der Waals surface area (Å²) in [6.45, 7) is 5.64. The quantitative estimate of drug-likeness (QED) is 0.728. The molecule has 3 nitrogen and oxygen atoms in total. The number of fused-ring (bicyclic) bond motifs is 5. The minimum Gasteiger partial charge on any atom is -0.309 e. The molecule has 0 heterocycles. The molecule has 0 aromatic heterocycles. The number of carbonyl (C=O) groups excluding carboxylic acids is 2. The second-order valence-corrected chi connectivity index (χ2v) is 10.3. The summed E-state index contributed by atoms with van der Waals surface area (Å²) in [4.78, 5) is 27.0. The van der Waals surface area contributed by atoms with Gasteiger partial charge in [0.2, 0.25) is 0 Å². The summed E-state index contributed by atoms with van der Waals surface area (Å²) in [5, 5.41) is 0. The molecule has 4 aliphatic carbocycles. The van der Waals surface area contributed by atoms with Crippen molar-refractivity contribution in [2.24, 2.45) is 28.6 Å². The van der Waals surface area contributed by atoms with Gasteiger partial charge in [-0.25, -0.2) is 0 Å². The van der Waals surface area contributed by atoms with Gasteiger partial charge in [0.1, 0.15) is 0 Å². The van der Waals surface area contributed by atoms with Gasteiger partial charge >= 0.3 is 0 Å². The van der Waals surface area contributed by atoms with Crippen LogP contribution in [0.15, 0.2) is 23.3 Å². The predicted octanol–water partition coefficient (Wildman–Crippen LogP) is 4.58. The number of Topliss-reactive ketones (excluding diaryl/α,β-unsaturated/α-hetero) is 1. The molecule has 0 radical (unpaired) electrons. The van der Waals surface area contributed by atoms with Gasteiger partial charge in [0, 0.05) is 19.4 Å². The molecule has 0 aromatic carbocycles. The van der Waals surface area contributed by atoms with Crippen molar-refractivity contribution in [3.8, 4) is 0 Å². The number of nitrogens with zero attached hydrogens (tertiary/aromatic N) is 1. The highest BCUT2D eigenvalue weighted by Crippen LogP contribution is 2.65. The number of carbonyl (C=O) groups is 2.